The van der Waals surface area contributed by atoms with Gasteiger partial charge >= 0.3 is 0 Å². The van der Waals surface area contributed by atoms with E-state index in [0.29, 0.717) is 13.1 Å². The molecule has 1 aliphatic heterocycles. The SMILES string of the molecule is CNC(=O)C1CCN(C(=O)c2sc(Cc3ccccc3)nc2C)CC1. The van der Waals surface area contributed by atoms with Crippen molar-refractivity contribution in [3.63, 3.8) is 0 Å². The number of rotatable bonds is 4. The molecule has 25 heavy (non-hydrogen) atoms. The highest BCUT2D eigenvalue weighted by Gasteiger charge is 2.29. The summed E-state index contributed by atoms with van der Waals surface area (Å²) >= 11 is 1.49. The third-order valence-electron chi connectivity index (χ3n) is 4.63. The van der Waals surface area contributed by atoms with Gasteiger partial charge in [0.05, 0.1) is 10.7 Å². The van der Waals surface area contributed by atoms with Gasteiger partial charge in [0.15, 0.2) is 0 Å². The minimum absolute atomic E-state index is 0.0187. The van der Waals surface area contributed by atoms with Gasteiger partial charge in [0.1, 0.15) is 4.88 Å². The van der Waals surface area contributed by atoms with Gasteiger partial charge in [0.25, 0.3) is 5.91 Å². The first-order chi connectivity index (χ1) is 12.1. The first-order valence-electron chi connectivity index (χ1n) is 8.59. The standard InChI is InChI=1S/C19H23N3O2S/c1-13-17(25-16(21-13)12-14-6-4-3-5-7-14)19(24)22-10-8-15(9-11-22)18(23)20-2/h3-7,15H,8-12H2,1-2H3,(H,20,23). The molecule has 1 aliphatic rings. The predicted octanol–water partition coefficient (Wildman–Crippen LogP) is 2.64. The molecule has 0 bridgehead atoms. The lowest BCUT2D eigenvalue weighted by molar-refractivity contribution is -0.125. The number of carbonyl (C=O) groups is 2. The van der Waals surface area contributed by atoms with Crippen LogP contribution in [0.4, 0.5) is 0 Å². The fourth-order valence-electron chi connectivity index (χ4n) is 3.19. The number of thiazole rings is 1. The van der Waals surface area contributed by atoms with Crippen molar-refractivity contribution in [1.29, 1.82) is 0 Å². The third kappa shape index (κ3) is 4.07. The number of likely N-dealkylation sites (tertiary alicyclic amines) is 1. The molecule has 2 amide bonds. The summed E-state index contributed by atoms with van der Waals surface area (Å²) in [5, 5.41) is 3.66. The van der Waals surface area contributed by atoms with Gasteiger partial charge in [-0.3, -0.25) is 9.59 Å². The van der Waals surface area contributed by atoms with E-state index >= 15 is 0 Å². The number of piperidine rings is 1. The van der Waals surface area contributed by atoms with E-state index in [2.05, 4.69) is 22.4 Å². The second kappa shape index (κ2) is 7.78. The highest BCUT2D eigenvalue weighted by atomic mass is 32.1. The Morgan fingerprint density at radius 3 is 2.56 bits per heavy atom. The lowest BCUT2D eigenvalue weighted by Crippen LogP contribution is -2.42. The zero-order valence-electron chi connectivity index (χ0n) is 14.6. The normalized spacial score (nSPS) is 15.2. The van der Waals surface area contributed by atoms with Crippen molar-refractivity contribution in [3.05, 3.63) is 51.5 Å². The van der Waals surface area contributed by atoms with Crippen molar-refractivity contribution in [1.82, 2.24) is 15.2 Å². The zero-order valence-corrected chi connectivity index (χ0v) is 15.4. The smallest absolute Gasteiger partial charge is 0.265 e. The van der Waals surface area contributed by atoms with E-state index in [0.717, 1.165) is 34.8 Å². The summed E-state index contributed by atoms with van der Waals surface area (Å²) in [4.78, 5) is 31.7. The summed E-state index contributed by atoms with van der Waals surface area (Å²) in [6, 6.07) is 10.2. The van der Waals surface area contributed by atoms with Gasteiger partial charge in [-0.1, -0.05) is 30.3 Å². The summed E-state index contributed by atoms with van der Waals surface area (Å²) in [6.45, 7) is 3.15. The lowest BCUT2D eigenvalue weighted by Gasteiger charge is -2.30. The van der Waals surface area contributed by atoms with Crippen molar-refractivity contribution in [2.45, 2.75) is 26.2 Å². The third-order valence-corrected chi connectivity index (χ3v) is 5.78. The molecular formula is C19H23N3O2S. The van der Waals surface area contributed by atoms with Crippen LogP contribution in [0.25, 0.3) is 0 Å². The van der Waals surface area contributed by atoms with Crippen LogP contribution in [0.2, 0.25) is 0 Å². The van der Waals surface area contributed by atoms with Crippen LogP contribution in [-0.4, -0.2) is 41.8 Å². The molecule has 2 heterocycles. The Bertz CT molecular complexity index is 749. The van der Waals surface area contributed by atoms with Gasteiger partial charge in [-0.2, -0.15) is 0 Å². The van der Waals surface area contributed by atoms with Crippen molar-refractivity contribution in [3.8, 4) is 0 Å². The van der Waals surface area contributed by atoms with Gasteiger partial charge in [0.2, 0.25) is 5.91 Å². The fraction of sp³-hybridized carbons (Fsp3) is 0.421. The molecule has 0 unspecified atom stereocenters. The van der Waals surface area contributed by atoms with Crippen LogP contribution < -0.4 is 5.32 Å². The Morgan fingerprint density at radius 2 is 1.92 bits per heavy atom. The van der Waals surface area contributed by atoms with Crippen LogP contribution in [0.15, 0.2) is 30.3 Å². The highest BCUT2D eigenvalue weighted by molar-refractivity contribution is 7.13. The molecule has 1 aromatic heterocycles. The summed E-state index contributed by atoms with van der Waals surface area (Å²) in [5.41, 5.74) is 2.00. The Labute approximate surface area is 152 Å². The Hall–Kier alpha value is -2.21. The van der Waals surface area contributed by atoms with Gasteiger partial charge in [-0.05, 0) is 25.3 Å². The summed E-state index contributed by atoms with van der Waals surface area (Å²) in [6.07, 6.45) is 2.19. The number of hydrogen-bond acceptors (Lipinski definition) is 4. The average Bonchev–Trinajstić information content (AvgIpc) is 3.01. The maximum atomic E-state index is 12.8. The van der Waals surface area contributed by atoms with Crippen LogP contribution in [0.5, 0.6) is 0 Å². The predicted molar refractivity (Wildman–Crippen MR) is 98.8 cm³/mol. The molecule has 0 spiro atoms. The Kier molecular flexibility index (Phi) is 5.48. The average molecular weight is 357 g/mol. The van der Waals surface area contributed by atoms with E-state index in [9.17, 15) is 9.59 Å². The molecular weight excluding hydrogens is 334 g/mol. The van der Waals surface area contributed by atoms with Crippen molar-refractivity contribution in [2.75, 3.05) is 20.1 Å². The first kappa shape index (κ1) is 17.6. The number of hydrogen-bond donors (Lipinski definition) is 1. The Morgan fingerprint density at radius 1 is 1.24 bits per heavy atom. The fourth-order valence-corrected chi connectivity index (χ4v) is 4.26. The molecule has 1 aromatic carbocycles. The van der Waals surface area contributed by atoms with E-state index in [1.807, 2.05) is 30.0 Å². The number of carbonyl (C=O) groups excluding carboxylic acids is 2. The van der Waals surface area contributed by atoms with E-state index < -0.39 is 0 Å². The molecule has 5 nitrogen and oxygen atoms in total. The van der Waals surface area contributed by atoms with Gasteiger partial charge < -0.3 is 10.2 Å². The minimum atomic E-state index is 0.0187. The molecule has 132 valence electrons. The van der Waals surface area contributed by atoms with Crippen molar-refractivity contribution in [2.24, 2.45) is 5.92 Å². The van der Waals surface area contributed by atoms with Crippen LogP contribution in [0, 0.1) is 12.8 Å². The molecule has 0 aliphatic carbocycles. The molecule has 0 radical (unpaired) electrons. The van der Waals surface area contributed by atoms with Gasteiger partial charge in [-0.25, -0.2) is 4.98 Å². The first-order valence-corrected chi connectivity index (χ1v) is 9.41. The van der Waals surface area contributed by atoms with Crippen molar-refractivity contribution >= 4 is 23.2 Å². The summed E-state index contributed by atoms with van der Waals surface area (Å²) < 4.78 is 0. The van der Waals surface area contributed by atoms with E-state index in [1.165, 1.54) is 16.9 Å². The van der Waals surface area contributed by atoms with Crippen LogP contribution >= 0.6 is 11.3 Å². The molecule has 6 heteroatoms. The largest absolute Gasteiger partial charge is 0.359 e. The minimum Gasteiger partial charge on any atom is -0.359 e. The number of benzene rings is 1. The van der Waals surface area contributed by atoms with Crippen molar-refractivity contribution < 1.29 is 9.59 Å². The number of nitrogens with zero attached hydrogens (tertiary/aromatic N) is 2. The maximum absolute atomic E-state index is 12.8. The molecule has 1 N–H and O–H groups in total. The second-order valence-electron chi connectivity index (χ2n) is 6.37. The van der Waals surface area contributed by atoms with Crippen LogP contribution in [-0.2, 0) is 11.2 Å². The Balaban J connectivity index is 1.66. The van der Waals surface area contributed by atoms with E-state index in [4.69, 9.17) is 0 Å². The van der Waals surface area contributed by atoms with E-state index in [-0.39, 0.29) is 17.7 Å². The second-order valence-corrected chi connectivity index (χ2v) is 7.45. The molecule has 0 saturated carbocycles. The molecule has 3 rings (SSSR count). The van der Waals surface area contributed by atoms with Crippen LogP contribution in [0.1, 0.15) is 38.8 Å². The quantitative estimate of drug-likeness (QED) is 0.915. The van der Waals surface area contributed by atoms with Gasteiger partial charge in [-0.15, -0.1) is 11.3 Å². The molecule has 1 saturated heterocycles. The summed E-state index contributed by atoms with van der Waals surface area (Å²) in [5.74, 6) is 0.140. The van der Waals surface area contributed by atoms with Crippen LogP contribution in [0.3, 0.4) is 0 Å². The summed E-state index contributed by atoms with van der Waals surface area (Å²) in [7, 11) is 1.66. The monoisotopic (exact) mass is 357 g/mol. The zero-order chi connectivity index (χ0) is 17.8. The van der Waals surface area contributed by atoms with Gasteiger partial charge in [0, 0.05) is 32.5 Å². The lowest BCUT2D eigenvalue weighted by atomic mass is 9.96. The number of amides is 2. The highest BCUT2D eigenvalue weighted by Crippen LogP contribution is 2.25. The molecule has 1 fully saturated rings. The maximum Gasteiger partial charge on any atom is 0.265 e. The molecule has 0 atom stereocenters. The number of aryl methyl sites for hydroxylation is 1. The molecule has 2 aromatic rings. The number of nitrogens with one attached hydrogen (secondary N) is 1. The van der Waals surface area contributed by atoms with E-state index in [1.54, 1.807) is 7.05 Å². The topological polar surface area (TPSA) is 62.3 Å². The number of aromatic nitrogens is 1.